The molecule has 6 heteroatoms. The third-order valence-electron chi connectivity index (χ3n) is 3.72. The Bertz CT molecular complexity index is 444. The highest BCUT2D eigenvalue weighted by atomic mass is 16.5. The van der Waals surface area contributed by atoms with Crippen molar-refractivity contribution in [1.29, 1.82) is 0 Å². The predicted octanol–water partition coefficient (Wildman–Crippen LogP) is 2.38. The Labute approximate surface area is 112 Å². The van der Waals surface area contributed by atoms with Crippen molar-refractivity contribution < 1.29 is 19.2 Å². The van der Waals surface area contributed by atoms with E-state index in [-0.39, 0.29) is 17.9 Å². The molecule has 106 valence electrons. The van der Waals surface area contributed by atoms with E-state index in [0.717, 1.165) is 12.8 Å². The van der Waals surface area contributed by atoms with E-state index < -0.39 is 11.9 Å². The molecule has 0 saturated heterocycles. The second-order valence-electron chi connectivity index (χ2n) is 5.37. The summed E-state index contributed by atoms with van der Waals surface area (Å²) < 4.78 is 10.6. The van der Waals surface area contributed by atoms with E-state index in [1.54, 1.807) is 7.11 Å². The fraction of sp³-hybridized carbons (Fsp3) is 0.769. The number of ether oxygens (including phenoxy) is 1. The molecule has 1 aliphatic rings. The first-order valence-electron chi connectivity index (χ1n) is 6.63. The molecule has 3 unspecified atom stereocenters. The summed E-state index contributed by atoms with van der Waals surface area (Å²) in [5.74, 6) is -0.188. The molecule has 1 aromatic rings. The van der Waals surface area contributed by atoms with Gasteiger partial charge in [0.2, 0.25) is 11.7 Å². The zero-order valence-corrected chi connectivity index (χ0v) is 11.5. The molecule has 1 fully saturated rings. The van der Waals surface area contributed by atoms with Crippen molar-refractivity contribution in [2.45, 2.75) is 45.1 Å². The monoisotopic (exact) mass is 268 g/mol. The highest BCUT2D eigenvalue weighted by Crippen LogP contribution is 2.39. The van der Waals surface area contributed by atoms with Gasteiger partial charge in [-0.2, -0.15) is 4.98 Å². The van der Waals surface area contributed by atoms with Gasteiger partial charge in [-0.05, 0) is 18.8 Å². The smallest absolute Gasteiger partial charge is 0.307 e. The van der Waals surface area contributed by atoms with E-state index in [0.29, 0.717) is 18.1 Å². The molecule has 0 bridgehead atoms. The van der Waals surface area contributed by atoms with Gasteiger partial charge in [-0.1, -0.05) is 25.4 Å². The molecule has 1 aliphatic carbocycles. The van der Waals surface area contributed by atoms with Gasteiger partial charge in [-0.25, -0.2) is 0 Å². The number of methoxy groups -OCH3 is 1. The molecule has 0 radical (unpaired) electrons. The van der Waals surface area contributed by atoms with Gasteiger partial charge >= 0.3 is 5.97 Å². The van der Waals surface area contributed by atoms with Crippen LogP contribution in [0.4, 0.5) is 0 Å². The lowest BCUT2D eigenvalue weighted by molar-refractivity contribution is -0.142. The molecule has 1 aromatic heterocycles. The highest BCUT2D eigenvalue weighted by Gasteiger charge is 2.38. The van der Waals surface area contributed by atoms with E-state index in [9.17, 15) is 9.90 Å². The van der Waals surface area contributed by atoms with Crippen molar-refractivity contribution in [3.63, 3.8) is 0 Å². The number of carbonyl (C=O) groups is 1. The van der Waals surface area contributed by atoms with Crippen LogP contribution in [0, 0.1) is 11.8 Å². The first kappa shape index (κ1) is 14.0. The van der Waals surface area contributed by atoms with Gasteiger partial charge in [0.1, 0.15) is 6.10 Å². The van der Waals surface area contributed by atoms with Crippen molar-refractivity contribution in [2.24, 2.45) is 11.8 Å². The quantitative estimate of drug-likeness (QED) is 0.882. The molecular weight excluding hydrogens is 248 g/mol. The highest BCUT2D eigenvalue weighted by molar-refractivity contribution is 5.71. The van der Waals surface area contributed by atoms with Gasteiger partial charge in [0, 0.05) is 7.11 Å². The van der Waals surface area contributed by atoms with Crippen LogP contribution in [0.5, 0.6) is 0 Å². The number of rotatable bonds is 5. The third-order valence-corrected chi connectivity index (χ3v) is 3.72. The van der Waals surface area contributed by atoms with Crippen molar-refractivity contribution in [3.8, 4) is 0 Å². The fourth-order valence-corrected chi connectivity index (χ4v) is 2.74. The average molecular weight is 268 g/mol. The second kappa shape index (κ2) is 5.69. The minimum atomic E-state index is -0.783. The standard InChI is InChI=1S/C13H20N2O4/c1-7(2)10(18-3)11-14-12(19-15-11)8-5-4-6-9(8)13(16)17/h7-10H,4-6H2,1-3H3,(H,16,17). The van der Waals surface area contributed by atoms with Crippen LogP contribution in [-0.2, 0) is 9.53 Å². The normalized spacial score (nSPS) is 24.8. The number of carboxylic acids is 1. The van der Waals surface area contributed by atoms with Gasteiger partial charge in [-0.15, -0.1) is 0 Å². The minimum absolute atomic E-state index is 0.164. The molecule has 1 heterocycles. The lowest BCUT2D eigenvalue weighted by Gasteiger charge is -2.14. The zero-order valence-electron chi connectivity index (χ0n) is 11.5. The molecule has 6 nitrogen and oxygen atoms in total. The molecule has 0 amide bonds. The van der Waals surface area contributed by atoms with Crippen LogP contribution in [0.1, 0.15) is 56.8 Å². The predicted molar refractivity (Wildman–Crippen MR) is 66.6 cm³/mol. The molecule has 0 spiro atoms. The summed E-state index contributed by atoms with van der Waals surface area (Å²) in [5, 5.41) is 13.1. The number of nitrogens with zero attached hydrogens (tertiary/aromatic N) is 2. The van der Waals surface area contributed by atoms with Crippen LogP contribution in [0.15, 0.2) is 4.52 Å². The van der Waals surface area contributed by atoms with Crippen molar-refractivity contribution in [2.75, 3.05) is 7.11 Å². The van der Waals surface area contributed by atoms with E-state index in [2.05, 4.69) is 10.1 Å². The number of hydrogen-bond donors (Lipinski definition) is 1. The SMILES string of the molecule is COC(c1noc(C2CCCC2C(=O)O)n1)C(C)C. The second-order valence-corrected chi connectivity index (χ2v) is 5.37. The molecule has 1 N–H and O–H groups in total. The van der Waals surface area contributed by atoms with Crippen LogP contribution in [0.3, 0.4) is 0 Å². The molecule has 3 atom stereocenters. The summed E-state index contributed by atoms with van der Waals surface area (Å²) in [7, 11) is 1.61. The average Bonchev–Trinajstić information content (AvgIpc) is 2.96. The minimum Gasteiger partial charge on any atom is -0.481 e. The molecule has 0 aromatic carbocycles. The summed E-state index contributed by atoms with van der Waals surface area (Å²) in [5.41, 5.74) is 0. The van der Waals surface area contributed by atoms with Gasteiger partial charge in [0.15, 0.2) is 0 Å². The maximum Gasteiger partial charge on any atom is 0.307 e. The Morgan fingerprint density at radius 1 is 1.47 bits per heavy atom. The number of aliphatic carboxylic acids is 1. The van der Waals surface area contributed by atoms with Crippen LogP contribution in [0.25, 0.3) is 0 Å². The van der Waals surface area contributed by atoms with E-state index in [4.69, 9.17) is 9.26 Å². The molecule has 1 saturated carbocycles. The third kappa shape index (κ3) is 2.78. The van der Waals surface area contributed by atoms with Crippen LogP contribution in [-0.4, -0.2) is 28.3 Å². The maximum atomic E-state index is 11.2. The Balaban J connectivity index is 2.18. The van der Waals surface area contributed by atoms with E-state index in [1.165, 1.54) is 0 Å². The van der Waals surface area contributed by atoms with E-state index >= 15 is 0 Å². The van der Waals surface area contributed by atoms with Crippen molar-refractivity contribution >= 4 is 5.97 Å². The summed E-state index contributed by atoms with van der Waals surface area (Å²) in [6.07, 6.45) is 2.13. The van der Waals surface area contributed by atoms with Gasteiger partial charge in [-0.3, -0.25) is 4.79 Å². The Kier molecular flexibility index (Phi) is 4.19. The molecule has 0 aliphatic heterocycles. The first-order valence-corrected chi connectivity index (χ1v) is 6.63. The lowest BCUT2D eigenvalue weighted by atomic mass is 9.96. The topological polar surface area (TPSA) is 85.5 Å². The summed E-state index contributed by atoms with van der Waals surface area (Å²) in [6.45, 7) is 4.03. The molecule has 2 rings (SSSR count). The lowest BCUT2D eigenvalue weighted by Crippen LogP contribution is -2.17. The first-order chi connectivity index (χ1) is 9.04. The fourth-order valence-electron chi connectivity index (χ4n) is 2.74. The number of carboxylic acid groups (broad SMARTS) is 1. The van der Waals surface area contributed by atoms with E-state index in [1.807, 2.05) is 13.8 Å². The van der Waals surface area contributed by atoms with Crippen LogP contribution >= 0.6 is 0 Å². The van der Waals surface area contributed by atoms with Crippen LogP contribution in [0.2, 0.25) is 0 Å². The Hall–Kier alpha value is -1.43. The Morgan fingerprint density at radius 2 is 2.21 bits per heavy atom. The van der Waals surface area contributed by atoms with Gasteiger partial charge < -0.3 is 14.4 Å². The number of hydrogen-bond acceptors (Lipinski definition) is 5. The summed E-state index contributed by atoms with van der Waals surface area (Å²) >= 11 is 0. The number of aromatic nitrogens is 2. The van der Waals surface area contributed by atoms with Crippen molar-refractivity contribution in [3.05, 3.63) is 11.7 Å². The van der Waals surface area contributed by atoms with Gasteiger partial charge in [0.25, 0.3) is 0 Å². The summed E-state index contributed by atoms with van der Waals surface area (Å²) in [6, 6.07) is 0. The van der Waals surface area contributed by atoms with Crippen molar-refractivity contribution in [1.82, 2.24) is 10.1 Å². The summed E-state index contributed by atoms with van der Waals surface area (Å²) in [4.78, 5) is 15.5. The van der Waals surface area contributed by atoms with Crippen LogP contribution < -0.4 is 0 Å². The van der Waals surface area contributed by atoms with Gasteiger partial charge in [0.05, 0.1) is 11.8 Å². The molecular formula is C13H20N2O4. The Morgan fingerprint density at radius 3 is 2.79 bits per heavy atom. The molecule has 19 heavy (non-hydrogen) atoms. The largest absolute Gasteiger partial charge is 0.481 e. The maximum absolute atomic E-state index is 11.2. The zero-order chi connectivity index (χ0) is 14.0.